The SMILES string of the molecule is NC[C@H]1OC(O)[C@H](Oc2ncco2)[C@@H](O)[C@H]1O. The van der Waals surface area contributed by atoms with E-state index in [0.29, 0.717) is 0 Å². The average Bonchev–Trinajstić information content (AvgIpc) is 2.82. The van der Waals surface area contributed by atoms with Gasteiger partial charge in [0.1, 0.15) is 24.6 Å². The molecular weight excluding hydrogens is 232 g/mol. The van der Waals surface area contributed by atoms with Crippen LogP contribution in [0.1, 0.15) is 0 Å². The molecule has 1 aromatic rings. The lowest BCUT2D eigenvalue weighted by atomic mass is 9.99. The van der Waals surface area contributed by atoms with Gasteiger partial charge in [0, 0.05) is 6.54 Å². The third-order valence-corrected chi connectivity index (χ3v) is 2.54. The van der Waals surface area contributed by atoms with Crippen LogP contribution in [0.2, 0.25) is 0 Å². The summed E-state index contributed by atoms with van der Waals surface area (Å²) in [5.74, 6) is 0. The monoisotopic (exact) mass is 246 g/mol. The zero-order chi connectivity index (χ0) is 12.4. The van der Waals surface area contributed by atoms with E-state index in [2.05, 4.69) is 4.98 Å². The molecule has 0 amide bonds. The second-order valence-corrected chi connectivity index (χ2v) is 3.66. The molecule has 0 aromatic carbocycles. The summed E-state index contributed by atoms with van der Waals surface area (Å²) in [6, 6.07) is 0. The number of nitrogens with zero attached hydrogens (tertiary/aromatic N) is 1. The van der Waals surface area contributed by atoms with Crippen molar-refractivity contribution >= 4 is 0 Å². The molecule has 17 heavy (non-hydrogen) atoms. The highest BCUT2D eigenvalue weighted by atomic mass is 16.7. The fourth-order valence-corrected chi connectivity index (χ4v) is 1.63. The van der Waals surface area contributed by atoms with Gasteiger partial charge in [-0.3, -0.25) is 0 Å². The Balaban J connectivity index is 2.06. The van der Waals surface area contributed by atoms with E-state index in [4.69, 9.17) is 19.6 Å². The predicted octanol–water partition coefficient (Wildman–Crippen LogP) is -2.18. The molecule has 0 bridgehead atoms. The molecule has 1 aliphatic rings. The molecule has 1 unspecified atom stereocenters. The minimum Gasteiger partial charge on any atom is -0.439 e. The van der Waals surface area contributed by atoms with E-state index in [1.54, 1.807) is 0 Å². The molecule has 0 radical (unpaired) electrons. The van der Waals surface area contributed by atoms with Gasteiger partial charge in [0.2, 0.25) is 0 Å². The lowest BCUT2D eigenvalue weighted by Gasteiger charge is -2.39. The van der Waals surface area contributed by atoms with Crippen LogP contribution in [0.3, 0.4) is 0 Å². The Morgan fingerprint density at radius 1 is 1.35 bits per heavy atom. The van der Waals surface area contributed by atoms with Crippen molar-refractivity contribution in [1.29, 1.82) is 0 Å². The minimum absolute atomic E-state index is 0.0268. The average molecular weight is 246 g/mol. The van der Waals surface area contributed by atoms with E-state index in [-0.39, 0.29) is 12.6 Å². The smallest absolute Gasteiger partial charge is 0.393 e. The summed E-state index contributed by atoms with van der Waals surface area (Å²) < 4.78 is 14.9. The van der Waals surface area contributed by atoms with Crippen LogP contribution in [0.15, 0.2) is 16.9 Å². The maximum absolute atomic E-state index is 9.77. The zero-order valence-corrected chi connectivity index (χ0v) is 8.84. The summed E-state index contributed by atoms with van der Waals surface area (Å²) >= 11 is 0. The van der Waals surface area contributed by atoms with Gasteiger partial charge in [0.05, 0.1) is 6.20 Å². The summed E-state index contributed by atoms with van der Waals surface area (Å²) in [6.45, 7) is -0.0268. The minimum atomic E-state index is -1.42. The van der Waals surface area contributed by atoms with Gasteiger partial charge in [-0.1, -0.05) is 0 Å². The summed E-state index contributed by atoms with van der Waals surface area (Å²) in [6.07, 6.45) is -3.56. The van der Waals surface area contributed by atoms with Crippen molar-refractivity contribution in [2.75, 3.05) is 6.54 Å². The van der Waals surface area contributed by atoms with Crippen molar-refractivity contribution in [3.8, 4) is 6.08 Å². The van der Waals surface area contributed by atoms with Crippen LogP contribution < -0.4 is 10.5 Å². The molecule has 5 N–H and O–H groups in total. The van der Waals surface area contributed by atoms with Crippen LogP contribution in [0.25, 0.3) is 0 Å². The fraction of sp³-hybridized carbons (Fsp3) is 0.667. The van der Waals surface area contributed by atoms with Gasteiger partial charge in [-0.25, -0.2) is 0 Å². The Labute approximate surface area is 96.6 Å². The quantitative estimate of drug-likeness (QED) is 0.473. The number of ether oxygens (including phenoxy) is 2. The fourth-order valence-electron chi connectivity index (χ4n) is 1.63. The van der Waals surface area contributed by atoms with Gasteiger partial charge in [-0.05, 0) is 0 Å². The third kappa shape index (κ3) is 2.40. The maximum Gasteiger partial charge on any atom is 0.393 e. The molecular formula is C9H14N2O6. The van der Waals surface area contributed by atoms with Crippen molar-refractivity contribution in [2.45, 2.75) is 30.7 Å². The first-order valence-corrected chi connectivity index (χ1v) is 5.09. The maximum atomic E-state index is 9.77. The van der Waals surface area contributed by atoms with Crippen LogP contribution in [-0.4, -0.2) is 57.6 Å². The molecule has 2 rings (SSSR count). The van der Waals surface area contributed by atoms with Gasteiger partial charge >= 0.3 is 6.08 Å². The number of hydrogen-bond acceptors (Lipinski definition) is 8. The lowest BCUT2D eigenvalue weighted by Crippen LogP contribution is -2.61. The van der Waals surface area contributed by atoms with E-state index in [1.165, 1.54) is 12.5 Å². The molecule has 8 nitrogen and oxygen atoms in total. The standard InChI is InChI=1S/C9H14N2O6/c10-3-4-5(12)6(13)7(8(14)16-4)17-9-11-1-2-15-9/h1-2,4-8,12-14H,3,10H2/t4-,5+,6+,7-,8?/m1/s1. The molecule has 1 fully saturated rings. The summed E-state index contributed by atoms with van der Waals surface area (Å²) in [4.78, 5) is 3.67. The van der Waals surface area contributed by atoms with Gasteiger partial charge < -0.3 is 34.9 Å². The zero-order valence-electron chi connectivity index (χ0n) is 8.84. The second-order valence-electron chi connectivity index (χ2n) is 3.66. The Bertz CT molecular complexity index is 345. The van der Waals surface area contributed by atoms with E-state index in [0.717, 1.165) is 0 Å². The highest BCUT2D eigenvalue weighted by molar-refractivity contribution is 4.95. The van der Waals surface area contributed by atoms with Crippen molar-refractivity contribution in [1.82, 2.24) is 4.98 Å². The summed E-state index contributed by atoms with van der Waals surface area (Å²) in [5.41, 5.74) is 5.32. The largest absolute Gasteiger partial charge is 0.439 e. The van der Waals surface area contributed by atoms with Gasteiger partial charge in [0.15, 0.2) is 12.4 Å². The molecule has 1 aliphatic heterocycles. The van der Waals surface area contributed by atoms with Gasteiger partial charge in [0.25, 0.3) is 0 Å². The Morgan fingerprint density at radius 2 is 2.12 bits per heavy atom. The number of aliphatic hydroxyl groups is 3. The number of nitrogens with two attached hydrogens (primary N) is 1. The molecule has 2 heterocycles. The first kappa shape index (κ1) is 12.3. The van der Waals surface area contributed by atoms with Crippen LogP contribution in [0, 0.1) is 0 Å². The highest BCUT2D eigenvalue weighted by Gasteiger charge is 2.45. The van der Waals surface area contributed by atoms with Crippen LogP contribution in [0.4, 0.5) is 0 Å². The Hall–Kier alpha value is -1.19. The van der Waals surface area contributed by atoms with Crippen LogP contribution in [-0.2, 0) is 4.74 Å². The summed E-state index contributed by atoms with van der Waals surface area (Å²) in [7, 11) is 0. The molecule has 96 valence electrons. The van der Waals surface area contributed by atoms with E-state index >= 15 is 0 Å². The number of hydrogen-bond donors (Lipinski definition) is 4. The van der Waals surface area contributed by atoms with E-state index < -0.39 is 30.7 Å². The van der Waals surface area contributed by atoms with Crippen molar-refractivity contribution < 1.29 is 29.2 Å². The molecule has 0 aliphatic carbocycles. The second kappa shape index (κ2) is 4.98. The highest BCUT2D eigenvalue weighted by Crippen LogP contribution is 2.23. The molecule has 1 aromatic heterocycles. The number of rotatable bonds is 3. The lowest BCUT2D eigenvalue weighted by molar-refractivity contribution is -0.275. The third-order valence-electron chi connectivity index (χ3n) is 2.54. The van der Waals surface area contributed by atoms with Gasteiger partial charge in [-0.2, -0.15) is 4.98 Å². The predicted molar refractivity (Wildman–Crippen MR) is 52.9 cm³/mol. The van der Waals surface area contributed by atoms with E-state index in [1.807, 2.05) is 0 Å². The van der Waals surface area contributed by atoms with Crippen molar-refractivity contribution in [3.63, 3.8) is 0 Å². The van der Waals surface area contributed by atoms with E-state index in [9.17, 15) is 15.3 Å². The Morgan fingerprint density at radius 3 is 2.71 bits per heavy atom. The molecule has 1 saturated heterocycles. The Kier molecular flexibility index (Phi) is 3.60. The van der Waals surface area contributed by atoms with Crippen LogP contribution in [0.5, 0.6) is 6.08 Å². The molecule has 5 atom stereocenters. The molecule has 0 saturated carbocycles. The molecule has 8 heteroatoms. The topological polar surface area (TPSA) is 131 Å². The molecule has 0 spiro atoms. The van der Waals surface area contributed by atoms with Crippen molar-refractivity contribution in [2.24, 2.45) is 5.73 Å². The normalized spacial score (nSPS) is 38.0. The summed E-state index contributed by atoms with van der Waals surface area (Å²) in [5, 5.41) is 29.0. The van der Waals surface area contributed by atoms with Gasteiger partial charge in [-0.15, -0.1) is 0 Å². The first-order valence-electron chi connectivity index (χ1n) is 5.09. The van der Waals surface area contributed by atoms with Crippen molar-refractivity contribution in [3.05, 3.63) is 12.5 Å². The number of aromatic nitrogens is 1. The first-order chi connectivity index (χ1) is 8.13. The number of aliphatic hydroxyl groups excluding tert-OH is 3. The van der Waals surface area contributed by atoms with Crippen LogP contribution >= 0.6 is 0 Å². The number of oxazole rings is 1.